The third kappa shape index (κ3) is 6.52. The van der Waals surface area contributed by atoms with E-state index < -0.39 is 54.5 Å². The van der Waals surface area contributed by atoms with E-state index in [2.05, 4.69) is 6.07 Å². The number of nitrogens with zero attached hydrogens (tertiary/aromatic N) is 2. The summed E-state index contributed by atoms with van der Waals surface area (Å²) in [6.45, 7) is 4.36. The summed E-state index contributed by atoms with van der Waals surface area (Å²) in [6, 6.07) is 16.2. The minimum atomic E-state index is -1.37. The number of aromatic nitrogens is 1. The summed E-state index contributed by atoms with van der Waals surface area (Å²) in [5.41, 5.74) is 3.52. The van der Waals surface area contributed by atoms with Crippen LogP contribution in [0, 0.1) is 16.0 Å². The molecule has 3 aromatic rings. The molecule has 0 radical (unpaired) electrons. The summed E-state index contributed by atoms with van der Waals surface area (Å²) >= 11 is 6.05. The summed E-state index contributed by atoms with van der Waals surface area (Å²) in [4.78, 5) is 49.0. The SMILES string of the molecule is CC(=O)OC[C@@H]1O[C@@H](n2c3c(c(-c4cccc5ccccc45)c(C#N)c2=S)CCCC3)[C@@H](OC(C)=O)[C@@H](OC(C)=O)[C@H]1OC(C)=O. The fourth-order valence-electron chi connectivity index (χ4n) is 6.45. The Bertz CT molecular complexity index is 1810. The van der Waals surface area contributed by atoms with E-state index in [4.69, 9.17) is 35.9 Å². The van der Waals surface area contributed by atoms with Crippen LogP contribution in [0.25, 0.3) is 21.9 Å². The van der Waals surface area contributed by atoms with Gasteiger partial charge in [-0.2, -0.15) is 5.26 Å². The van der Waals surface area contributed by atoms with Crippen LogP contribution in [-0.4, -0.2) is 59.5 Å². The Morgan fingerprint density at radius 2 is 1.50 bits per heavy atom. The lowest BCUT2D eigenvalue weighted by Gasteiger charge is -2.46. The second kappa shape index (κ2) is 13.8. The molecule has 0 unspecified atom stereocenters. The number of carbonyl (C=O) groups is 4. The topological polar surface area (TPSA) is 143 Å². The van der Waals surface area contributed by atoms with E-state index in [9.17, 15) is 24.4 Å². The van der Waals surface area contributed by atoms with Crippen LogP contribution < -0.4 is 0 Å². The summed E-state index contributed by atoms with van der Waals surface area (Å²) in [7, 11) is 0. The maximum atomic E-state index is 12.5. The van der Waals surface area contributed by atoms with E-state index in [-0.39, 0.29) is 16.8 Å². The Kier molecular flexibility index (Phi) is 9.84. The molecule has 2 aromatic carbocycles. The summed E-state index contributed by atoms with van der Waals surface area (Å²) < 4.78 is 30.5. The normalized spacial score (nSPS) is 22.2. The molecule has 5 atom stereocenters. The largest absolute Gasteiger partial charge is 0.463 e. The van der Waals surface area contributed by atoms with Crippen molar-refractivity contribution in [3.63, 3.8) is 0 Å². The van der Waals surface area contributed by atoms with Gasteiger partial charge in [-0.25, -0.2) is 0 Å². The molecule has 2 heterocycles. The van der Waals surface area contributed by atoms with Crippen LogP contribution in [-0.2, 0) is 55.7 Å². The zero-order chi connectivity index (χ0) is 33.1. The molecule has 2 aliphatic rings. The zero-order valence-corrected chi connectivity index (χ0v) is 26.8. The van der Waals surface area contributed by atoms with Crippen LogP contribution in [0.5, 0.6) is 0 Å². The molecule has 0 amide bonds. The Labute approximate surface area is 270 Å². The highest BCUT2D eigenvalue weighted by atomic mass is 32.1. The highest BCUT2D eigenvalue weighted by Gasteiger charge is 2.53. The van der Waals surface area contributed by atoms with Crippen molar-refractivity contribution in [1.29, 1.82) is 5.26 Å². The fourth-order valence-corrected chi connectivity index (χ4v) is 6.81. The first-order valence-corrected chi connectivity index (χ1v) is 15.4. The lowest BCUT2D eigenvalue weighted by molar-refractivity contribution is -0.269. The van der Waals surface area contributed by atoms with E-state index in [0.717, 1.165) is 46.0 Å². The van der Waals surface area contributed by atoms with E-state index >= 15 is 0 Å². The van der Waals surface area contributed by atoms with Crippen molar-refractivity contribution in [3.8, 4) is 17.2 Å². The van der Waals surface area contributed by atoms with Gasteiger partial charge in [0.2, 0.25) is 0 Å². The number of nitriles is 1. The number of fused-ring (bicyclic) bond motifs is 2. The molecule has 240 valence electrons. The van der Waals surface area contributed by atoms with Gasteiger partial charge < -0.3 is 28.3 Å². The van der Waals surface area contributed by atoms with Crippen molar-refractivity contribution in [3.05, 3.63) is 63.9 Å². The molecule has 1 saturated heterocycles. The highest BCUT2D eigenvalue weighted by Crippen LogP contribution is 2.42. The molecule has 1 aliphatic carbocycles. The summed E-state index contributed by atoms with van der Waals surface area (Å²) in [5.74, 6) is -2.79. The predicted molar refractivity (Wildman–Crippen MR) is 167 cm³/mol. The second-order valence-corrected chi connectivity index (χ2v) is 11.7. The predicted octanol–water partition coefficient (Wildman–Crippen LogP) is 5.04. The van der Waals surface area contributed by atoms with Gasteiger partial charge in [-0.3, -0.25) is 19.2 Å². The second-order valence-electron chi connectivity index (χ2n) is 11.3. The van der Waals surface area contributed by atoms with Gasteiger partial charge in [-0.05, 0) is 47.6 Å². The van der Waals surface area contributed by atoms with E-state index in [1.54, 1.807) is 4.57 Å². The van der Waals surface area contributed by atoms with Crippen molar-refractivity contribution < 1.29 is 42.9 Å². The molecule has 0 spiro atoms. The lowest BCUT2D eigenvalue weighted by atomic mass is 9.84. The maximum absolute atomic E-state index is 12.5. The number of carbonyl (C=O) groups excluding carboxylic acids is 4. The minimum Gasteiger partial charge on any atom is -0.463 e. The maximum Gasteiger partial charge on any atom is 0.303 e. The van der Waals surface area contributed by atoms with E-state index in [1.165, 1.54) is 27.7 Å². The highest BCUT2D eigenvalue weighted by molar-refractivity contribution is 7.71. The van der Waals surface area contributed by atoms with Crippen molar-refractivity contribution >= 4 is 46.9 Å². The third-order valence-corrected chi connectivity index (χ3v) is 8.51. The zero-order valence-electron chi connectivity index (χ0n) is 25.9. The number of benzene rings is 2. The summed E-state index contributed by atoms with van der Waals surface area (Å²) in [5, 5.41) is 12.6. The fraction of sp³-hybridized carbons (Fsp3) is 0.412. The van der Waals surface area contributed by atoms with Gasteiger partial charge in [0.05, 0.1) is 5.56 Å². The molecule has 12 heteroatoms. The molecule has 11 nitrogen and oxygen atoms in total. The molecular weight excluding hydrogens is 612 g/mol. The van der Waals surface area contributed by atoms with Crippen LogP contribution in [0.4, 0.5) is 0 Å². The molecule has 0 N–H and O–H groups in total. The molecule has 46 heavy (non-hydrogen) atoms. The molecule has 5 rings (SSSR count). The molecule has 1 aromatic heterocycles. The van der Waals surface area contributed by atoms with Gasteiger partial charge in [0.1, 0.15) is 23.4 Å². The number of pyridine rings is 1. The molecule has 1 aliphatic heterocycles. The van der Waals surface area contributed by atoms with E-state index in [0.29, 0.717) is 12.8 Å². The number of esters is 4. The van der Waals surface area contributed by atoms with Gasteiger partial charge in [0, 0.05) is 39.0 Å². The quantitative estimate of drug-likeness (QED) is 0.193. The molecule has 1 fully saturated rings. The van der Waals surface area contributed by atoms with Crippen LogP contribution in [0.15, 0.2) is 42.5 Å². The van der Waals surface area contributed by atoms with Crippen molar-refractivity contribution in [2.75, 3.05) is 6.61 Å². The Hall–Kier alpha value is -4.60. The number of rotatable bonds is 7. The van der Waals surface area contributed by atoms with Crippen LogP contribution in [0.1, 0.15) is 63.6 Å². The van der Waals surface area contributed by atoms with Gasteiger partial charge in [-0.15, -0.1) is 0 Å². The first-order chi connectivity index (χ1) is 22.0. The number of ether oxygens (including phenoxy) is 5. The van der Waals surface area contributed by atoms with Crippen molar-refractivity contribution in [2.45, 2.75) is 84.0 Å². The Morgan fingerprint density at radius 1 is 0.870 bits per heavy atom. The number of hydrogen-bond donors (Lipinski definition) is 0. The average Bonchev–Trinajstić information content (AvgIpc) is 3.01. The smallest absolute Gasteiger partial charge is 0.303 e. The van der Waals surface area contributed by atoms with Crippen LogP contribution >= 0.6 is 12.2 Å². The van der Waals surface area contributed by atoms with Gasteiger partial charge in [0.15, 0.2) is 24.5 Å². The van der Waals surface area contributed by atoms with Crippen LogP contribution in [0.2, 0.25) is 0 Å². The standard InChI is InChI=1S/C34H34N2O9S/c1-18(37)41-17-28-30(42-19(2)38)31(43-20(3)39)32(44-21(4)40)33(45-28)36-27-15-8-7-13-25(27)29(26(16-35)34(36)46)24-14-9-11-22-10-5-6-12-23(22)24/h5-6,9-12,14,28,30-33H,7-8,13,15,17H2,1-4H3/t28-,30-,31-,32-,33+/m0/s1. The molecule has 0 saturated carbocycles. The van der Waals surface area contributed by atoms with Crippen LogP contribution in [0.3, 0.4) is 0 Å². The van der Waals surface area contributed by atoms with Gasteiger partial charge >= 0.3 is 23.9 Å². The average molecular weight is 647 g/mol. The Morgan fingerprint density at radius 3 is 2.17 bits per heavy atom. The Balaban J connectivity index is 1.78. The first-order valence-electron chi connectivity index (χ1n) is 15.0. The minimum absolute atomic E-state index is 0.131. The lowest BCUT2D eigenvalue weighted by Crippen LogP contribution is -2.61. The van der Waals surface area contributed by atoms with Gasteiger partial charge in [-0.1, -0.05) is 54.7 Å². The van der Waals surface area contributed by atoms with E-state index in [1.807, 2.05) is 42.5 Å². The first kappa shape index (κ1) is 32.8. The van der Waals surface area contributed by atoms with Gasteiger partial charge in [0.25, 0.3) is 0 Å². The third-order valence-electron chi connectivity index (χ3n) is 8.11. The van der Waals surface area contributed by atoms with Crippen molar-refractivity contribution in [2.24, 2.45) is 0 Å². The molecule has 0 bridgehead atoms. The summed E-state index contributed by atoms with van der Waals surface area (Å²) in [6.07, 6.45) is -3.54. The molecular formula is C34H34N2O9S. The monoisotopic (exact) mass is 646 g/mol. The van der Waals surface area contributed by atoms with Crippen molar-refractivity contribution in [1.82, 2.24) is 4.57 Å². The number of hydrogen-bond acceptors (Lipinski definition) is 11.